The third-order valence-corrected chi connectivity index (χ3v) is 2.87. The van der Waals surface area contributed by atoms with Crippen LogP contribution in [0, 0.1) is 0 Å². The quantitative estimate of drug-likeness (QED) is 0.622. The second-order valence-electron chi connectivity index (χ2n) is 4.29. The molecule has 0 spiro atoms. The monoisotopic (exact) mass is 273 g/mol. The van der Waals surface area contributed by atoms with Gasteiger partial charge in [0, 0.05) is 6.54 Å². The zero-order chi connectivity index (χ0) is 14.2. The van der Waals surface area contributed by atoms with E-state index in [9.17, 15) is 0 Å². The van der Waals surface area contributed by atoms with Gasteiger partial charge in [-0.1, -0.05) is 36.4 Å². The maximum atomic E-state index is 5.59. The fourth-order valence-electron chi connectivity index (χ4n) is 1.80. The lowest BCUT2D eigenvalue weighted by Gasteiger charge is -2.12. The van der Waals surface area contributed by atoms with Crippen LogP contribution < -0.4 is 15.2 Å². The largest absolute Gasteiger partial charge is 0.493 e. The summed E-state index contributed by atoms with van der Waals surface area (Å²) in [5.74, 6) is 1.31. The number of hydrogen-bond acceptors (Lipinski definition) is 4. The van der Waals surface area contributed by atoms with Gasteiger partial charge in [-0.05, 0) is 23.3 Å². The van der Waals surface area contributed by atoms with Crippen molar-refractivity contribution in [3.63, 3.8) is 0 Å². The number of ether oxygens (including phenoxy) is 3. The smallest absolute Gasteiger partial charge is 0.189 e. The first-order chi connectivity index (χ1) is 9.83. The Labute approximate surface area is 119 Å². The van der Waals surface area contributed by atoms with Crippen LogP contribution in [0.4, 0.5) is 0 Å². The molecule has 0 aliphatic carbocycles. The average molecular weight is 273 g/mol. The molecule has 0 saturated heterocycles. The van der Waals surface area contributed by atoms with Gasteiger partial charge in [0.25, 0.3) is 0 Å². The van der Waals surface area contributed by atoms with Gasteiger partial charge in [0.1, 0.15) is 0 Å². The lowest BCUT2D eigenvalue weighted by atomic mass is 10.2. The van der Waals surface area contributed by atoms with Crippen molar-refractivity contribution in [2.45, 2.75) is 13.2 Å². The second-order valence-corrected chi connectivity index (χ2v) is 4.29. The van der Waals surface area contributed by atoms with Crippen molar-refractivity contribution in [1.29, 1.82) is 0 Å². The Kier molecular flexibility index (Phi) is 5.41. The summed E-state index contributed by atoms with van der Waals surface area (Å²) in [6.07, 6.45) is 0. The van der Waals surface area contributed by atoms with Crippen LogP contribution in [0.15, 0.2) is 48.5 Å². The Balaban J connectivity index is 1.85. The number of methoxy groups -OCH3 is 1. The molecule has 4 heteroatoms. The van der Waals surface area contributed by atoms with Crippen LogP contribution in [-0.4, -0.2) is 13.9 Å². The third kappa shape index (κ3) is 3.98. The second kappa shape index (κ2) is 7.53. The average Bonchev–Trinajstić information content (AvgIpc) is 2.52. The molecule has 2 rings (SSSR count). The summed E-state index contributed by atoms with van der Waals surface area (Å²) in [5.41, 5.74) is 7.70. The molecule has 0 heterocycles. The molecule has 0 atom stereocenters. The summed E-state index contributed by atoms with van der Waals surface area (Å²) in [7, 11) is 1.60. The van der Waals surface area contributed by atoms with E-state index >= 15 is 0 Å². The van der Waals surface area contributed by atoms with E-state index in [-0.39, 0.29) is 6.79 Å². The normalized spacial score (nSPS) is 10.3. The molecule has 20 heavy (non-hydrogen) atoms. The van der Waals surface area contributed by atoms with Crippen molar-refractivity contribution in [3.05, 3.63) is 59.7 Å². The van der Waals surface area contributed by atoms with Crippen molar-refractivity contribution in [3.8, 4) is 11.5 Å². The molecule has 2 aromatic rings. The fourth-order valence-corrected chi connectivity index (χ4v) is 1.80. The molecule has 2 aromatic carbocycles. The van der Waals surface area contributed by atoms with Crippen LogP contribution in [0.25, 0.3) is 0 Å². The predicted octanol–water partition coefficient (Wildman–Crippen LogP) is 2.71. The zero-order valence-electron chi connectivity index (χ0n) is 11.5. The molecule has 0 radical (unpaired) electrons. The SMILES string of the molecule is COc1cc(CN)ccc1OCOCc1ccccc1. The molecule has 0 amide bonds. The van der Waals surface area contributed by atoms with E-state index in [0.29, 0.717) is 24.7 Å². The van der Waals surface area contributed by atoms with Crippen molar-refractivity contribution < 1.29 is 14.2 Å². The molecule has 106 valence electrons. The van der Waals surface area contributed by atoms with E-state index in [2.05, 4.69) is 0 Å². The van der Waals surface area contributed by atoms with Crippen molar-refractivity contribution in [1.82, 2.24) is 0 Å². The minimum atomic E-state index is 0.174. The molecule has 0 aliphatic heterocycles. The van der Waals surface area contributed by atoms with Gasteiger partial charge in [0.15, 0.2) is 18.3 Å². The van der Waals surface area contributed by atoms with Crippen molar-refractivity contribution in [2.75, 3.05) is 13.9 Å². The highest BCUT2D eigenvalue weighted by molar-refractivity contribution is 5.42. The highest BCUT2D eigenvalue weighted by Crippen LogP contribution is 2.27. The van der Waals surface area contributed by atoms with Crippen LogP contribution in [0.5, 0.6) is 11.5 Å². The maximum absolute atomic E-state index is 5.59. The van der Waals surface area contributed by atoms with E-state index in [1.165, 1.54) is 0 Å². The summed E-state index contributed by atoms with van der Waals surface area (Å²) in [6.45, 7) is 1.17. The number of nitrogens with two attached hydrogens (primary N) is 1. The van der Waals surface area contributed by atoms with Crippen LogP contribution >= 0.6 is 0 Å². The van der Waals surface area contributed by atoms with Gasteiger partial charge in [-0.25, -0.2) is 0 Å². The van der Waals surface area contributed by atoms with Gasteiger partial charge < -0.3 is 19.9 Å². The standard InChI is InChI=1S/C16H19NO3/c1-18-16-9-14(10-17)7-8-15(16)20-12-19-11-13-5-3-2-4-6-13/h2-9H,10-12,17H2,1H3. The van der Waals surface area contributed by atoms with Gasteiger partial charge in [0.2, 0.25) is 0 Å². The molecule has 4 nitrogen and oxygen atoms in total. The van der Waals surface area contributed by atoms with Crippen LogP contribution in [0.2, 0.25) is 0 Å². The number of benzene rings is 2. The molecular weight excluding hydrogens is 254 g/mol. The van der Waals surface area contributed by atoms with Gasteiger partial charge in [-0.15, -0.1) is 0 Å². The lowest BCUT2D eigenvalue weighted by Crippen LogP contribution is -2.05. The first-order valence-corrected chi connectivity index (χ1v) is 6.45. The minimum Gasteiger partial charge on any atom is -0.493 e. The van der Waals surface area contributed by atoms with Gasteiger partial charge in [-0.2, -0.15) is 0 Å². The Morgan fingerprint density at radius 1 is 0.950 bits per heavy atom. The zero-order valence-corrected chi connectivity index (χ0v) is 11.5. The molecule has 0 aliphatic rings. The Morgan fingerprint density at radius 3 is 2.45 bits per heavy atom. The first-order valence-electron chi connectivity index (χ1n) is 6.45. The van der Waals surface area contributed by atoms with Crippen LogP contribution in [0.1, 0.15) is 11.1 Å². The molecule has 0 unspecified atom stereocenters. The Bertz CT molecular complexity index is 529. The first kappa shape index (κ1) is 14.4. The van der Waals surface area contributed by atoms with Crippen LogP contribution in [0.3, 0.4) is 0 Å². The molecule has 2 N–H and O–H groups in total. The van der Waals surface area contributed by atoms with Crippen molar-refractivity contribution in [2.24, 2.45) is 5.73 Å². The van der Waals surface area contributed by atoms with Crippen LogP contribution in [-0.2, 0) is 17.9 Å². The molecule has 0 bridgehead atoms. The van der Waals surface area contributed by atoms with Gasteiger partial charge in [0.05, 0.1) is 13.7 Å². The molecule has 0 aromatic heterocycles. The summed E-state index contributed by atoms with van der Waals surface area (Å²) in [5, 5.41) is 0. The summed E-state index contributed by atoms with van der Waals surface area (Å²) >= 11 is 0. The minimum absolute atomic E-state index is 0.174. The Morgan fingerprint density at radius 2 is 1.75 bits per heavy atom. The molecule has 0 saturated carbocycles. The van der Waals surface area contributed by atoms with Crippen molar-refractivity contribution >= 4 is 0 Å². The number of hydrogen-bond donors (Lipinski definition) is 1. The number of rotatable bonds is 7. The van der Waals surface area contributed by atoms with E-state index in [1.54, 1.807) is 7.11 Å². The highest BCUT2D eigenvalue weighted by Gasteiger charge is 2.05. The fraction of sp³-hybridized carbons (Fsp3) is 0.250. The van der Waals surface area contributed by atoms with E-state index < -0.39 is 0 Å². The van der Waals surface area contributed by atoms with E-state index in [1.807, 2.05) is 48.5 Å². The van der Waals surface area contributed by atoms with E-state index in [0.717, 1.165) is 11.1 Å². The maximum Gasteiger partial charge on any atom is 0.189 e. The summed E-state index contributed by atoms with van der Waals surface area (Å²) < 4.78 is 16.3. The third-order valence-electron chi connectivity index (χ3n) is 2.87. The highest BCUT2D eigenvalue weighted by atomic mass is 16.7. The van der Waals surface area contributed by atoms with Gasteiger partial charge >= 0.3 is 0 Å². The summed E-state index contributed by atoms with van der Waals surface area (Å²) in [4.78, 5) is 0. The topological polar surface area (TPSA) is 53.7 Å². The Hall–Kier alpha value is -2.04. The lowest BCUT2D eigenvalue weighted by molar-refractivity contribution is 0.00375. The summed E-state index contributed by atoms with van der Waals surface area (Å²) in [6, 6.07) is 15.6. The van der Waals surface area contributed by atoms with E-state index in [4.69, 9.17) is 19.9 Å². The van der Waals surface area contributed by atoms with Gasteiger partial charge in [-0.3, -0.25) is 0 Å². The molecule has 0 fully saturated rings. The molecular formula is C16H19NO3. The predicted molar refractivity (Wildman–Crippen MR) is 77.6 cm³/mol.